The number of aliphatic hydroxyl groups is 1. The summed E-state index contributed by atoms with van der Waals surface area (Å²) in [6.07, 6.45) is 3.93. The first-order valence-corrected chi connectivity index (χ1v) is 6.76. The quantitative estimate of drug-likeness (QED) is 0.774. The second-order valence-electron chi connectivity index (χ2n) is 4.86. The number of halogens is 2. The van der Waals surface area contributed by atoms with Crippen molar-refractivity contribution in [1.82, 2.24) is 0 Å². The average Bonchev–Trinajstić information content (AvgIpc) is 2.31. The molecular weight excluding hydrogens is 259 g/mol. The predicted molar refractivity (Wildman–Crippen MR) is 67.8 cm³/mol. The molecule has 0 amide bonds. The lowest BCUT2D eigenvalue weighted by Gasteiger charge is -2.40. The largest absolute Gasteiger partial charge is 0.488 e. The fourth-order valence-corrected chi connectivity index (χ4v) is 3.49. The number of aliphatic hydroxyl groups excluding tert-OH is 1. The highest BCUT2D eigenvalue weighted by molar-refractivity contribution is 6.35. The predicted octanol–water partition coefficient (Wildman–Crippen LogP) is 3.98. The van der Waals surface area contributed by atoms with E-state index in [1.165, 1.54) is 0 Å². The molecule has 4 heteroatoms. The monoisotopic (exact) mass is 272 g/mol. The standard InChI is InChI=1S/C13H14Cl2O2/c14-7-5-9-12(16)8-3-1-2-4-11(8)17-13(9)10(15)6-7/h5-6,8,11-12,16H,1-4H2/t8-,11+,12+/m1/s1. The van der Waals surface area contributed by atoms with Crippen LogP contribution in [0.25, 0.3) is 0 Å². The van der Waals surface area contributed by atoms with Crippen molar-refractivity contribution in [1.29, 1.82) is 0 Å². The van der Waals surface area contributed by atoms with E-state index in [4.69, 9.17) is 27.9 Å². The van der Waals surface area contributed by atoms with E-state index in [1.807, 2.05) is 0 Å². The average molecular weight is 273 g/mol. The molecule has 0 spiro atoms. The maximum atomic E-state index is 10.4. The summed E-state index contributed by atoms with van der Waals surface area (Å²) in [5.41, 5.74) is 0.741. The molecule has 0 saturated heterocycles. The summed E-state index contributed by atoms with van der Waals surface area (Å²) in [5, 5.41) is 11.5. The van der Waals surface area contributed by atoms with Crippen LogP contribution in [0.1, 0.15) is 37.4 Å². The topological polar surface area (TPSA) is 29.5 Å². The van der Waals surface area contributed by atoms with Gasteiger partial charge in [0.25, 0.3) is 0 Å². The number of benzene rings is 1. The Hall–Kier alpha value is -0.440. The Balaban J connectivity index is 2.05. The molecular formula is C13H14Cl2O2. The summed E-state index contributed by atoms with van der Waals surface area (Å²) in [6, 6.07) is 3.43. The van der Waals surface area contributed by atoms with Crippen LogP contribution in [0.3, 0.4) is 0 Å². The van der Waals surface area contributed by atoms with Crippen LogP contribution in [0, 0.1) is 5.92 Å². The zero-order valence-electron chi connectivity index (χ0n) is 9.33. The molecule has 17 heavy (non-hydrogen) atoms. The third-order valence-electron chi connectivity index (χ3n) is 3.78. The van der Waals surface area contributed by atoms with Gasteiger partial charge in [-0.25, -0.2) is 0 Å². The highest BCUT2D eigenvalue weighted by atomic mass is 35.5. The smallest absolute Gasteiger partial charge is 0.144 e. The van der Waals surface area contributed by atoms with Gasteiger partial charge in [-0.15, -0.1) is 0 Å². The van der Waals surface area contributed by atoms with E-state index in [9.17, 15) is 5.11 Å². The van der Waals surface area contributed by atoms with E-state index in [-0.39, 0.29) is 12.0 Å². The van der Waals surface area contributed by atoms with Crippen LogP contribution in [0.2, 0.25) is 10.0 Å². The van der Waals surface area contributed by atoms with Gasteiger partial charge in [0, 0.05) is 16.5 Å². The second-order valence-corrected chi connectivity index (χ2v) is 5.70. The van der Waals surface area contributed by atoms with Crippen LogP contribution in [-0.2, 0) is 0 Å². The van der Waals surface area contributed by atoms with Crippen molar-refractivity contribution >= 4 is 23.2 Å². The summed E-state index contributed by atoms with van der Waals surface area (Å²) in [7, 11) is 0. The van der Waals surface area contributed by atoms with Crippen molar-refractivity contribution < 1.29 is 9.84 Å². The molecule has 3 rings (SSSR count). The summed E-state index contributed by atoms with van der Waals surface area (Å²) >= 11 is 12.1. The van der Waals surface area contributed by atoms with E-state index in [0.717, 1.165) is 31.2 Å². The van der Waals surface area contributed by atoms with Crippen molar-refractivity contribution in [3.05, 3.63) is 27.7 Å². The Kier molecular flexibility index (Phi) is 2.97. The highest BCUT2D eigenvalue weighted by Crippen LogP contribution is 2.47. The Morgan fingerprint density at radius 2 is 1.94 bits per heavy atom. The lowest BCUT2D eigenvalue weighted by atomic mass is 9.78. The molecule has 0 unspecified atom stereocenters. The first kappa shape index (κ1) is 11.6. The molecule has 2 nitrogen and oxygen atoms in total. The van der Waals surface area contributed by atoms with Crippen LogP contribution in [-0.4, -0.2) is 11.2 Å². The molecule has 3 atom stereocenters. The van der Waals surface area contributed by atoms with Crippen molar-refractivity contribution in [3.8, 4) is 5.75 Å². The molecule has 0 aromatic heterocycles. The van der Waals surface area contributed by atoms with Gasteiger partial charge < -0.3 is 9.84 Å². The fourth-order valence-electron chi connectivity index (χ4n) is 2.94. The molecule has 0 bridgehead atoms. The SMILES string of the molecule is O[C@@H]1c2cc(Cl)cc(Cl)c2O[C@H]2CCCC[C@H]21. The van der Waals surface area contributed by atoms with Crippen LogP contribution in [0.4, 0.5) is 0 Å². The van der Waals surface area contributed by atoms with Gasteiger partial charge in [0.1, 0.15) is 11.9 Å². The van der Waals surface area contributed by atoms with Gasteiger partial charge in [-0.2, -0.15) is 0 Å². The summed E-state index contributed by atoms with van der Waals surface area (Å²) < 4.78 is 5.94. The van der Waals surface area contributed by atoms with Gasteiger partial charge in [-0.1, -0.05) is 29.6 Å². The molecule has 1 aromatic carbocycles. The Labute approximate surface area is 110 Å². The van der Waals surface area contributed by atoms with Gasteiger partial charge in [0.2, 0.25) is 0 Å². The van der Waals surface area contributed by atoms with Gasteiger partial charge in [-0.05, 0) is 31.4 Å². The van der Waals surface area contributed by atoms with E-state index < -0.39 is 6.10 Å². The summed E-state index contributed by atoms with van der Waals surface area (Å²) in [5.74, 6) is 0.803. The molecule has 1 N–H and O–H groups in total. The van der Waals surface area contributed by atoms with Crippen molar-refractivity contribution in [2.24, 2.45) is 5.92 Å². The normalized spacial score (nSPS) is 31.4. The second kappa shape index (κ2) is 4.34. The maximum absolute atomic E-state index is 10.4. The Morgan fingerprint density at radius 3 is 2.76 bits per heavy atom. The molecule has 1 heterocycles. The minimum absolute atomic E-state index is 0.102. The van der Waals surface area contributed by atoms with Gasteiger partial charge >= 0.3 is 0 Å². The molecule has 1 aliphatic heterocycles. The van der Waals surface area contributed by atoms with Crippen LogP contribution in [0.15, 0.2) is 12.1 Å². The third kappa shape index (κ3) is 1.92. The maximum Gasteiger partial charge on any atom is 0.144 e. The number of rotatable bonds is 0. The lowest BCUT2D eigenvalue weighted by Crippen LogP contribution is -2.38. The van der Waals surface area contributed by atoms with Crippen molar-refractivity contribution in [2.75, 3.05) is 0 Å². The Bertz CT molecular complexity index is 447. The third-order valence-corrected chi connectivity index (χ3v) is 4.28. The van der Waals surface area contributed by atoms with Gasteiger partial charge in [0.15, 0.2) is 0 Å². The number of hydrogen-bond donors (Lipinski definition) is 1. The van der Waals surface area contributed by atoms with E-state index in [1.54, 1.807) is 12.1 Å². The number of hydrogen-bond acceptors (Lipinski definition) is 2. The minimum Gasteiger partial charge on any atom is -0.488 e. The van der Waals surface area contributed by atoms with E-state index in [0.29, 0.717) is 15.8 Å². The highest BCUT2D eigenvalue weighted by Gasteiger charge is 2.39. The number of fused-ring (bicyclic) bond motifs is 2. The van der Waals surface area contributed by atoms with Crippen LogP contribution >= 0.6 is 23.2 Å². The summed E-state index contributed by atoms with van der Waals surface area (Å²) in [4.78, 5) is 0. The number of ether oxygens (including phenoxy) is 1. The lowest BCUT2D eigenvalue weighted by molar-refractivity contribution is -0.0230. The van der Waals surface area contributed by atoms with Crippen LogP contribution in [0.5, 0.6) is 5.75 Å². The van der Waals surface area contributed by atoms with Crippen LogP contribution < -0.4 is 4.74 Å². The molecule has 1 aromatic rings. The Morgan fingerprint density at radius 1 is 1.18 bits per heavy atom. The summed E-state index contributed by atoms with van der Waals surface area (Å²) in [6.45, 7) is 0. The van der Waals surface area contributed by atoms with Crippen molar-refractivity contribution in [3.63, 3.8) is 0 Å². The van der Waals surface area contributed by atoms with E-state index in [2.05, 4.69) is 0 Å². The molecule has 1 saturated carbocycles. The minimum atomic E-state index is -0.500. The molecule has 1 fully saturated rings. The molecule has 0 radical (unpaired) electrons. The van der Waals surface area contributed by atoms with Gasteiger partial charge in [-0.3, -0.25) is 0 Å². The fraction of sp³-hybridized carbons (Fsp3) is 0.538. The van der Waals surface area contributed by atoms with Crippen molar-refractivity contribution in [2.45, 2.75) is 37.9 Å². The first-order chi connectivity index (χ1) is 8.16. The zero-order valence-corrected chi connectivity index (χ0v) is 10.8. The first-order valence-electron chi connectivity index (χ1n) is 6.00. The van der Waals surface area contributed by atoms with E-state index >= 15 is 0 Å². The molecule has 92 valence electrons. The zero-order chi connectivity index (χ0) is 12.0. The molecule has 2 aliphatic rings. The van der Waals surface area contributed by atoms with Gasteiger partial charge in [0.05, 0.1) is 11.1 Å². The molecule has 1 aliphatic carbocycles.